The highest BCUT2D eigenvalue weighted by molar-refractivity contribution is 5.93. The minimum absolute atomic E-state index is 0.791. The van der Waals surface area contributed by atoms with Crippen molar-refractivity contribution in [3.05, 3.63) is 45.9 Å². The molecule has 1 aromatic carbocycles. The molecule has 3 aromatic rings. The van der Waals surface area contributed by atoms with Gasteiger partial charge in [0.05, 0.1) is 11.1 Å². The summed E-state index contributed by atoms with van der Waals surface area (Å²) < 4.78 is 2.30. The molecule has 0 bridgehead atoms. The second-order valence-electron chi connectivity index (χ2n) is 6.64. The summed E-state index contributed by atoms with van der Waals surface area (Å²) in [4.78, 5) is 9.42. The Hall–Kier alpha value is -2.36. The highest BCUT2D eigenvalue weighted by atomic mass is 15.1. The number of nitrogens with one attached hydrogen (secondary N) is 1. The van der Waals surface area contributed by atoms with E-state index in [1.807, 2.05) is 6.92 Å². The van der Waals surface area contributed by atoms with Gasteiger partial charge in [-0.2, -0.15) is 0 Å². The maximum absolute atomic E-state index is 4.79. The van der Waals surface area contributed by atoms with Crippen LogP contribution in [-0.2, 0) is 0 Å². The number of fused-ring (bicyclic) bond motifs is 1. The van der Waals surface area contributed by atoms with Crippen molar-refractivity contribution in [3.8, 4) is 5.69 Å². The molecule has 3 rings (SSSR count). The Balaban J connectivity index is 2.44. The minimum Gasteiger partial charge on any atom is -0.370 e. The zero-order valence-electron chi connectivity index (χ0n) is 15.7. The lowest BCUT2D eigenvalue weighted by molar-refractivity contribution is 0.971. The maximum Gasteiger partial charge on any atom is 0.150 e. The largest absolute Gasteiger partial charge is 0.370 e. The number of hydrogen-bond acceptors (Lipinski definition) is 3. The summed E-state index contributed by atoms with van der Waals surface area (Å²) in [6, 6.07) is 4.48. The van der Waals surface area contributed by atoms with Gasteiger partial charge in [0, 0.05) is 12.2 Å². The monoisotopic (exact) mass is 322 g/mol. The van der Waals surface area contributed by atoms with E-state index in [2.05, 4.69) is 68.5 Å². The second-order valence-corrected chi connectivity index (χ2v) is 6.64. The van der Waals surface area contributed by atoms with Crippen LogP contribution < -0.4 is 5.32 Å². The van der Waals surface area contributed by atoms with E-state index in [-0.39, 0.29) is 0 Å². The summed E-state index contributed by atoms with van der Waals surface area (Å²) in [5, 5.41) is 4.52. The van der Waals surface area contributed by atoms with Gasteiger partial charge >= 0.3 is 0 Å². The normalized spacial score (nSPS) is 11.3. The van der Waals surface area contributed by atoms with Crippen molar-refractivity contribution < 1.29 is 0 Å². The number of rotatable bonds is 3. The van der Waals surface area contributed by atoms with Gasteiger partial charge in [0.25, 0.3) is 0 Å². The quantitative estimate of drug-likeness (QED) is 0.760. The standard InChI is InChI=1S/C20H26N4/c1-8-21-19-17-14(5)15(6)24(20(17)23-16(7)22-19)18-12(3)9-11(2)10-13(18)4/h9-10H,8H2,1-7H3,(H,21,22,23). The molecule has 4 nitrogen and oxygen atoms in total. The Morgan fingerprint density at radius 1 is 0.958 bits per heavy atom. The number of aromatic nitrogens is 3. The first-order valence-corrected chi connectivity index (χ1v) is 8.53. The van der Waals surface area contributed by atoms with E-state index < -0.39 is 0 Å². The summed E-state index contributed by atoms with van der Waals surface area (Å²) in [7, 11) is 0. The molecule has 0 aliphatic heterocycles. The van der Waals surface area contributed by atoms with Crippen LogP contribution in [0.5, 0.6) is 0 Å². The molecule has 0 amide bonds. The SMILES string of the molecule is CCNc1nc(C)nc2c1c(C)c(C)n2-c1c(C)cc(C)cc1C. The number of anilines is 1. The van der Waals surface area contributed by atoms with E-state index in [9.17, 15) is 0 Å². The van der Waals surface area contributed by atoms with Gasteiger partial charge in [-0.3, -0.25) is 4.57 Å². The van der Waals surface area contributed by atoms with Gasteiger partial charge in [-0.1, -0.05) is 17.7 Å². The molecule has 0 unspecified atom stereocenters. The predicted octanol–water partition coefficient (Wildman–Crippen LogP) is 4.70. The van der Waals surface area contributed by atoms with Crippen molar-refractivity contribution in [2.24, 2.45) is 0 Å². The molecule has 0 atom stereocenters. The number of nitrogens with zero attached hydrogens (tertiary/aromatic N) is 3. The Morgan fingerprint density at radius 3 is 2.17 bits per heavy atom. The van der Waals surface area contributed by atoms with Crippen molar-refractivity contribution in [3.63, 3.8) is 0 Å². The third kappa shape index (κ3) is 2.46. The molecule has 24 heavy (non-hydrogen) atoms. The molecule has 0 aliphatic carbocycles. The highest BCUT2D eigenvalue weighted by Gasteiger charge is 2.20. The van der Waals surface area contributed by atoms with Gasteiger partial charge in [0.2, 0.25) is 0 Å². The Morgan fingerprint density at radius 2 is 1.58 bits per heavy atom. The number of hydrogen-bond donors (Lipinski definition) is 1. The fraction of sp³-hybridized carbons (Fsp3) is 0.400. The third-order valence-corrected chi connectivity index (χ3v) is 4.67. The van der Waals surface area contributed by atoms with Crippen LogP contribution in [0.2, 0.25) is 0 Å². The molecule has 1 N–H and O–H groups in total. The number of aryl methyl sites for hydroxylation is 5. The summed E-state index contributed by atoms with van der Waals surface area (Å²) in [6.45, 7) is 15.7. The molecule has 0 fully saturated rings. The fourth-order valence-electron chi connectivity index (χ4n) is 3.67. The molecule has 0 saturated carbocycles. The molecule has 0 aliphatic rings. The van der Waals surface area contributed by atoms with Crippen LogP contribution in [0.1, 0.15) is 40.7 Å². The molecule has 0 spiro atoms. The Kier molecular flexibility index (Phi) is 4.08. The van der Waals surface area contributed by atoms with Crippen molar-refractivity contribution in [2.45, 2.75) is 48.5 Å². The van der Waals surface area contributed by atoms with E-state index in [4.69, 9.17) is 4.98 Å². The van der Waals surface area contributed by atoms with Crippen LogP contribution >= 0.6 is 0 Å². The lowest BCUT2D eigenvalue weighted by Gasteiger charge is -2.16. The fourth-order valence-corrected chi connectivity index (χ4v) is 3.67. The zero-order valence-corrected chi connectivity index (χ0v) is 15.7. The van der Waals surface area contributed by atoms with E-state index in [1.165, 1.54) is 33.6 Å². The van der Waals surface area contributed by atoms with Crippen molar-refractivity contribution >= 4 is 16.9 Å². The van der Waals surface area contributed by atoms with E-state index in [0.29, 0.717) is 0 Å². The van der Waals surface area contributed by atoms with E-state index >= 15 is 0 Å². The first-order valence-electron chi connectivity index (χ1n) is 8.53. The van der Waals surface area contributed by atoms with Gasteiger partial charge in [-0.25, -0.2) is 9.97 Å². The van der Waals surface area contributed by atoms with Crippen LogP contribution in [0.15, 0.2) is 12.1 Å². The van der Waals surface area contributed by atoms with Crippen LogP contribution in [-0.4, -0.2) is 21.1 Å². The smallest absolute Gasteiger partial charge is 0.150 e. The van der Waals surface area contributed by atoms with Crippen molar-refractivity contribution in [1.82, 2.24) is 14.5 Å². The van der Waals surface area contributed by atoms with Crippen LogP contribution in [0.3, 0.4) is 0 Å². The van der Waals surface area contributed by atoms with E-state index in [0.717, 1.165) is 29.2 Å². The van der Waals surface area contributed by atoms with Crippen molar-refractivity contribution in [2.75, 3.05) is 11.9 Å². The first kappa shape index (κ1) is 16.5. The van der Waals surface area contributed by atoms with Crippen LogP contribution in [0, 0.1) is 41.5 Å². The minimum atomic E-state index is 0.791. The van der Waals surface area contributed by atoms with Crippen LogP contribution in [0.25, 0.3) is 16.7 Å². The van der Waals surface area contributed by atoms with Crippen LogP contribution in [0.4, 0.5) is 5.82 Å². The Bertz CT molecular complexity index is 912. The summed E-state index contributed by atoms with van der Waals surface area (Å²) in [5.74, 6) is 1.72. The highest BCUT2D eigenvalue weighted by Crippen LogP contribution is 2.34. The molecule has 126 valence electrons. The molecule has 0 saturated heterocycles. The molecule has 2 heterocycles. The Labute approximate surface area is 143 Å². The maximum atomic E-state index is 4.79. The second kappa shape index (κ2) is 5.93. The number of benzene rings is 1. The molecular formula is C20H26N4. The van der Waals surface area contributed by atoms with Gasteiger partial charge in [0.15, 0.2) is 5.65 Å². The lowest BCUT2D eigenvalue weighted by atomic mass is 10.0. The predicted molar refractivity (Wildman–Crippen MR) is 101 cm³/mol. The van der Waals surface area contributed by atoms with Gasteiger partial charge in [-0.05, 0) is 65.2 Å². The molecular weight excluding hydrogens is 296 g/mol. The molecule has 0 radical (unpaired) electrons. The van der Waals surface area contributed by atoms with Gasteiger partial charge in [-0.15, -0.1) is 0 Å². The average molecular weight is 322 g/mol. The molecule has 4 heteroatoms. The topological polar surface area (TPSA) is 42.7 Å². The summed E-state index contributed by atoms with van der Waals surface area (Å²) in [6.07, 6.45) is 0. The zero-order chi connectivity index (χ0) is 17.6. The summed E-state index contributed by atoms with van der Waals surface area (Å²) in [5.41, 5.74) is 8.51. The molecule has 2 aromatic heterocycles. The van der Waals surface area contributed by atoms with Gasteiger partial charge in [0.1, 0.15) is 11.6 Å². The first-order chi connectivity index (χ1) is 11.3. The summed E-state index contributed by atoms with van der Waals surface area (Å²) >= 11 is 0. The lowest BCUT2D eigenvalue weighted by Crippen LogP contribution is -2.06. The van der Waals surface area contributed by atoms with E-state index in [1.54, 1.807) is 0 Å². The van der Waals surface area contributed by atoms with Gasteiger partial charge < -0.3 is 5.32 Å². The van der Waals surface area contributed by atoms with Crippen molar-refractivity contribution in [1.29, 1.82) is 0 Å². The average Bonchev–Trinajstić information content (AvgIpc) is 2.71. The third-order valence-electron chi connectivity index (χ3n) is 4.67.